The number of carbonyl (C=O) groups excluding carboxylic acids is 2. The number of benzene rings is 1. The number of piperidine rings is 1. The van der Waals surface area contributed by atoms with Crippen molar-refractivity contribution in [2.24, 2.45) is 5.92 Å². The van der Waals surface area contributed by atoms with Crippen molar-refractivity contribution in [2.75, 3.05) is 13.2 Å². The first-order chi connectivity index (χ1) is 13.7. The number of halogens is 3. The van der Waals surface area contributed by atoms with Crippen LogP contribution < -0.4 is 20.7 Å². The number of rotatable bonds is 6. The summed E-state index contributed by atoms with van der Waals surface area (Å²) in [6.45, 7) is 2.49. The Morgan fingerprint density at radius 1 is 1.28 bits per heavy atom. The molecule has 0 spiro atoms. The third kappa shape index (κ3) is 4.18. The number of hydrogen-bond acceptors (Lipinski definition) is 4. The van der Waals surface area contributed by atoms with E-state index < -0.39 is 5.82 Å². The van der Waals surface area contributed by atoms with Gasteiger partial charge in [0.05, 0.1) is 11.1 Å². The summed E-state index contributed by atoms with van der Waals surface area (Å²) < 4.78 is 18.7. The minimum atomic E-state index is -0.593. The predicted octanol–water partition coefficient (Wildman–Crippen LogP) is 2.37. The summed E-state index contributed by atoms with van der Waals surface area (Å²) in [5.74, 6) is -0.313. The smallest absolute Gasteiger partial charge is 0.258 e. The van der Waals surface area contributed by atoms with Crippen LogP contribution in [0.1, 0.15) is 32.6 Å². The van der Waals surface area contributed by atoms with Gasteiger partial charge in [-0.15, -0.1) is 11.6 Å². The summed E-state index contributed by atoms with van der Waals surface area (Å²) in [5, 5.41) is 9.39. The first-order valence-electron chi connectivity index (χ1n) is 9.78. The molecule has 9 heteroatoms. The summed E-state index contributed by atoms with van der Waals surface area (Å²) >= 11 is 11.8. The summed E-state index contributed by atoms with van der Waals surface area (Å²) in [5.41, 5.74) is -0.485. The molecule has 29 heavy (non-hydrogen) atoms. The highest BCUT2D eigenvalue weighted by molar-refractivity contribution is 6.30. The van der Waals surface area contributed by atoms with Gasteiger partial charge in [-0.25, -0.2) is 4.39 Å². The van der Waals surface area contributed by atoms with Crippen LogP contribution in [-0.2, 0) is 9.59 Å². The molecule has 3 unspecified atom stereocenters. The molecule has 158 valence electrons. The van der Waals surface area contributed by atoms with Gasteiger partial charge in [0, 0.05) is 29.1 Å². The molecular weight excluding hydrogens is 420 g/mol. The average Bonchev–Trinajstić information content (AvgIpc) is 2.62. The zero-order valence-corrected chi connectivity index (χ0v) is 17.6. The van der Waals surface area contributed by atoms with Gasteiger partial charge in [0.15, 0.2) is 6.61 Å². The Morgan fingerprint density at radius 3 is 2.62 bits per heavy atom. The van der Waals surface area contributed by atoms with Gasteiger partial charge in [-0.2, -0.15) is 0 Å². The van der Waals surface area contributed by atoms with Crippen LogP contribution >= 0.6 is 23.2 Å². The van der Waals surface area contributed by atoms with Crippen molar-refractivity contribution in [1.29, 1.82) is 0 Å². The normalized spacial score (nSPS) is 35.1. The van der Waals surface area contributed by atoms with Gasteiger partial charge in [-0.05, 0) is 43.7 Å². The van der Waals surface area contributed by atoms with E-state index in [2.05, 4.69) is 22.9 Å². The predicted molar refractivity (Wildman–Crippen MR) is 108 cm³/mol. The molecule has 6 nitrogen and oxygen atoms in total. The molecule has 2 amide bonds. The Balaban J connectivity index is 1.20. The van der Waals surface area contributed by atoms with E-state index in [-0.39, 0.29) is 51.7 Å². The molecular formula is C20H24Cl2FN3O3. The lowest BCUT2D eigenvalue weighted by Crippen LogP contribution is -2.84. The van der Waals surface area contributed by atoms with E-state index in [0.717, 1.165) is 12.5 Å². The highest BCUT2D eigenvalue weighted by atomic mass is 35.5. The van der Waals surface area contributed by atoms with E-state index in [4.69, 9.17) is 27.9 Å². The molecule has 4 fully saturated rings. The molecule has 1 aliphatic heterocycles. The zero-order valence-electron chi connectivity index (χ0n) is 16.1. The lowest BCUT2D eigenvalue weighted by molar-refractivity contribution is -0.151. The van der Waals surface area contributed by atoms with Gasteiger partial charge in [0.25, 0.3) is 5.91 Å². The maximum absolute atomic E-state index is 13.4. The lowest BCUT2D eigenvalue weighted by atomic mass is 9.44. The van der Waals surface area contributed by atoms with Gasteiger partial charge in [-0.1, -0.05) is 18.5 Å². The Morgan fingerprint density at radius 2 is 1.97 bits per heavy atom. The van der Waals surface area contributed by atoms with E-state index in [9.17, 15) is 14.0 Å². The molecule has 1 aromatic rings. The molecule has 0 radical (unpaired) electrons. The van der Waals surface area contributed by atoms with E-state index in [1.54, 1.807) is 0 Å². The Kier molecular flexibility index (Phi) is 5.42. The Hall–Kier alpha value is -1.57. The Bertz CT molecular complexity index is 817. The van der Waals surface area contributed by atoms with Gasteiger partial charge < -0.3 is 20.7 Å². The fraction of sp³-hybridized carbons (Fsp3) is 0.600. The summed E-state index contributed by atoms with van der Waals surface area (Å²) in [6.07, 6.45) is 2.87. The SMILES string of the molecule is CC1CC(C(=O)NC23CC(NC(=O)COc4ccc(Cl)c(F)c4)(C2)C3)NCC1Cl. The van der Waals surface area contributed by atoms with Gasteiger partial charge in [0.2, 0.25) is 5.91 Å². The Labute approximate surface area is 178 Å². The third-order valence-electron chi connectivity index (χ3n) is 6.18. The molecule has 1 aromatic carbocycles. The van der Waals surface area contributed by atoms with Crippen LogP contribution in [0.4, 0.5) is 4.39 Å². The van der Waals surface area contributed by atoms with Crippen LogP contribution in [0.15, 0.2) is 18.2 Å². The van der Waals surface area contributed by atoms with E-state index >= 15 is 0 Å². The lowest BCUT2D eigenvalue weighted by Gasteiger charge is -2.70. The second-order valence-corrected chi connectivity index (χ2v) is 9.65. The molecule has 3 aliphatic carbocycles. The van der Waals surface area contributed by atoms with Crippen LogP contribution in [0.5, 0.6) is 5.75 Å². The summed E-state index contributed by atoms with van der Waals surface area (Å²) in [6, 6.07) is 3.82. The van der Waals surface area contributed by atoms with Crippen molar-refractivity contribution in [3.8, 4) is 5.75 Å². The van der Waals surface area contributed by atoms with Crippen LogP contribution in [0.3, 0.4) is 0 Å². The average molecular weight is 444 g/mol. The first kappa shape index (κ1) is 20.7. The minimum absolute atomic E-state index is 0.00312. The fourth-order valence-corrected chi connectivity index (χ4v) is 5.02. The van der Waals surface area contributed by atoms with E-state index in [0.29, 0.717) is 31.7 Å². The largest absolute Gasteiger partial charge is 0.484 e. The molecule has 2 bridgehead atoms. The van der Waals surface area contributed by atoms with Crippen molar-refractivity contribution < 1.29 is 18.7 Å². The molecule has 5 rings (SSSR count). The number of carbonyl (C=O) groups is 2. The third-order valence-corrected chi connectivity index (χ3v) is 7.08. The van der Waals surface area contributed by atoms with Gasteiger partial charge in [0.1, 0.15) is 11.6 Å². The molecule has 3 N–H and O–H groups in total. The maximum Gasteiger partial charge on any atom is 0.258 e. The van der Waals surface area contributed by atoms with Crippen molar-refractivity contribution in [3.63, 3.8) is 0 Å². The number of alkyl halides is 1. The highest BCUT2D eigenvalue weighted by Gasteiger charge is 2.69. The van der Waals surface area contributed by atoms with Crippen molar-refractivity contribution in [2.45, 2.75) is 55.1 Å². The van der Waals surface area contributed by atoms with Gasteiger partial charge >= 0.3 is 0 Å². The molecule has 0 aromatic heterocycles. The summed E-state index contributed by atoms with van der Waals surface area (Å²) in [7, 11) is 0. The number of amides is 2. The molecule has 1 saturated heterocycles. The zero-order chi connectivity index (χ0) is 20.8. The second kappa shape index (κ2) is 7.60. The van der Waals surface area contributed by atoms with Crippen LogP contribution in [0.25, 0.3) is 0 Å². The molecule has 3 saturated carbocycles. The highest BCUT2D eigenvalue weighted by Crippen LogP contribution is 2.60. The molecule has 1 heterocycles. The number of nitrogens with one attached hydrogen (secondary N) is 3. The monoisotopic (exact) mass is 443 g/mol. The maximum atomic E-state index is 13.4. The molecule has 3 atom stereocenters. The van der Waals surface area contributed by atoms with Gasteiger partial charge in [-0.3, -0.25) is 9.59 Å². The van der Waals surface area contributed by atoms with Crippen LogP contribution in [0.2, 0.25) is 5.02 Å². The number of ether oxygens (including phenoxy) is 1. The van der Waals surface area contributed by atoms with Crippen LogP contribution in [-0.4, -0.2) is 47.5 Å². The quantitative estimate of drug-likeness (QED) is 0.589. The van der Waals surface area contributed by atoms with Crippen molar-refractivity contribution in [3.05, 3.63) is 29.0 Å². The van der Waals surface area contributed by atoms with Crippen molar-refractivity contribution in [1.82, 2.24) is 16.0 Å². The van der Waals surface area contributed by atoms with Crippen molar-refractivity contribution >= 4 is 35.0 Å². The molecule has 4 aliphatic rings. The van der Waals surface area contributed by atoms with Crippen LogP contribution in [0, 0.1) is 11.7 Å². The minimum Gasteiger partial charge on any atom is -0.484 e. The topological polar surface area (TPSA) is 79.5 Å². The number of hydrogen-bond donors (Lipinski definition) is 3. The standard InChI is InChI=1S/C20H24Cl2FN3O3/c1-11-4-16(24-6-14(11)22)18(28)26-20-8-19(9-20,10-20)25-17(27)7-29-12-2-3-13(21)15(23)5-12/h2-3,5,11,14,16,24H,4,6-10H2,1H3,(H,25,27)(H,26,28). The second-order valence-electron chi connectivity index (χ2n) is 8.68. The van der Waals surface area contributed by atoms with E-state index in [1.807, 2.05) is 0 Å². The van der Waals surface area contributed by atoms with E-state index in [1.165, 1.54) is 12.1 Å². The fourth-order valence-electron chi connectivity index (χ4n) is 4.71. The summed E-state index contributed by atoms with van der Waals surface area (Å²) in [4.78, 5) is 24.7. The first-order valence-corrected chi connectivity index (χ1v) is 10.6.